The highest BCUT2D eigenvalue weighted by atomic mass is 16.1. The lowest BCUT2D eigenvalue weighted by Crippen LogP contribution is -2.13. The van der Waals surface area contributed by atoms with Crippen LogP contribution >= 0.6 is 0 Å². The monoisotopic (exact) mass is 228 g/mol. The van der Waals surface area contributed by atoms with Gasteiger partial charge in [-0.15, -0.1) is 0 Å². The molecule has 0 bridgehead atoms. The summed E-state index contributed by atoms with van der Waals surface area (Å²) in [6.45, 7) is 1.86. The molecule has 1 amide bonds. The Bertz CT molecular complexity index is 536. The highest BCUT2D eigenvalue weighted by molar-refractivity contribution is 6.02. The van der Waals surface area contributed by atoms with Gasteiger partial charge in [0.15, 0.2) is 0 Å². The number of anilines is 2. The van der Waals surface area contributed by atoms with E-state index < -0.39 is 0 Å². The molecule has 0 saturated heterocycles. The summed E-state index contributed by atoms with van der Waals surface area (Å²) >= 11 is 0. The van der Waals surface area contributed by atoms with Crippen LogP contribution in [-0.2, 0) is 0 Å². The van der Waals surface area contributed by atoms with Crippen LogP contribution in [0, 0.1) is 6.92 Å². The van der Waals surface area contributed by atoms with E-state index in [1.165, 1.54) is 6.20 Å². The predicted molar refractivity (Wildman–Crippen MR) is 65.6 cm³/mol. The maximum atomic E-state index is 11.8. The molecule has 3 N–H and O–H groups in total. The fourth-order valence-corrected chi connectivity index (χ4v) is 1.36. The molecule has 0 aliphatic heterocycles. The van der Waals surface area contributed by atoms with Gasteiger partial charge in [0, 0.05) is 17.6 Å². The van der Waals surface area contributed by atoms with Crippen LogP contribution in [0.25, 0.3) is 0 Å². The third kappa shape index (κ3) is 2.78. The molecule has 2 heterocycles. The molecule has 2 rings (SSSR count). The molecule has 17 heavy (non-hydrogen) atoms. The minimum Gasteiger partial charge on any atom is -0.397 e. The lowest BCUT2D eigenvalue weighted by Gasteiger charge is -2.05. The van der Waals surface area contributed by atoms with Crippen LogP contribution in [0.2, 0.25) is 0 Å². The van der Waals surface area contributed by atoms with Crippen molar-refractivity contribution in [1.29, 1.82) is 0 Å². The van der Waals surface area contributed by atoms with Crippen molar-refractivity contribution >= 4 is 17.3 Å². The molecule has 0 fully saturated rings. The first kappa shape index (κ1) is 11.1. The van der Waals surface area contributed by atoms with E-state index in [1.807, 2.05) is 6.92 Å². The summed E-state index contributed by atoms with van der Waals surface area (Å²) in [7, 11) is 0. The summed E-state index contributed by atoms with van der Waals surface area (Å²) in [6, 6.07) is 6.73. The van der Waals surface area contributed by atoms with Gasteiger partial charge in [-0.1, -0.05) is 0 Å². The number of carbonyl (C=O) groups excluding carboxylic acids is 1. The Labute approximate surface area is 98.7 Å². The molecule has 0 spiro atoms. The fraction of sp³-hybridized carbons (Fsp3) is 0.0833. The van der Waals surface area contributed by atoms with Crippen molar-refractivity contribution in [1.82, 2.24) is 9.97 Å². The van der Waals surface area contributed by atoms with Crippen LogP contribution in [0.15, 0.2) is 36.7 Å². The van der Waals surface area contributed by atoms with Gasteiger partial charge in [-0.3, -0.25) is 9.78 Å². The lowest BCUT2D eigenvalue weighted by atomic mass is 10.3. The largest absolute Gasteiger partial charge is 0.397 e. The third-order valence-electron chi connectivity index (χ3n) is 2.17. The number of aryl methyl sites for hydroxylation is 1. The zero-order valence-corrected chi connectivity index (χ0v) is 9.34. The lowest BCUT2D eigenvalue weighted by molar-refractivity contribution is 0.102. The van der Waals surface area contributed by atoms with Crippen LogP contribution in [0.5, 0.6) is 0 Å². The fourth-order valence-electron chi connectivity index (χ4n) is 1.36. The summed E-state index contributed by atoms with van der Waals surface area (Å²) in [6.07, 6.45) is 3.09. The quantitative estimate of drug-likeness (QED) is 0.818. The zero-order chi connectivity index (χ0) is 12.3. The summed E-state index contributed by atoms with van der Waals surface area (Å²) in [4.78, 5) is 19.8. The molecule has 2 aromatic rings. The minimum absolute atomic E-state index is 0.268. The molecule has 0 aliphatic carbocycles. The number of nitrogens with one attached hydrogen (secondary N) is 1. The molecular formula is C12H12N4O. The van der Waals surface area contributed by atoms with Crippen LogP contribution in [-0.4, -0.2) is 15.9 Å². The van der Waals surface area contributed by atoms with Gasteiger partial charge >= 0.3 is 0 Å². The van der Waals surface area contributed by atoms with Crippen molar-refractivity contribution in [2.45, 2.75) is 6.92 Å². The number of nitrogens with zero attached hydrogens (tertiary/aromatic N) is 2. The molecular weight excluding hydrogens is 216 g/mol. The number of rotatable bonds is 2. The van der Waals surface area contributed by atoms with Crippen LogP contribution in [0.3, 0.4) is 0 Å². The second-order valence-corrected chi connectivity index (χ2v) is 3.62. The molecule has 0 atom stereocenters. The van der Waals surface area contributed by atoms with E-state index in [0.717, 1.165) is 5.69 Å². The number of carbonyl (C=O) groups is 1. The van der Waals surface area contributed by atoms with Crippen LogP contribution in [0.4, 0.5) is 11.4 Å². The molecule has 5 nitrogen and oxygen atoms in total. The number of hydrogen-bond acceptors (Lipinski definition) is 4. The number of amides is 1. The molecule has 0 aromatic carbocycles. The Morgan fingerprint density at radius 2 is 2.12 bits per heavy atom. The summed E-state index contributed by atoms with van der Waals surface area (Å²) in [5, 5.41) is 2.74. The maximum Gasteiger partial charge on any atom is 0.274 e. The van der Waals surface area contributed by atoms with E-state index in [-0.39, 0.29) is 5.91 Å². The maximum absolute atomic E-state index is 11.8. The number of nitrogen functional groups attached to an aromatic ring is 1. The van der Waals surface area contributed by atoms with Crippen molar-refractivity contribution < 1.29 is 4.79 Å². The van der Waals surface area contributed by atoms with Gasteiger partial charge in [-0.05, 0) is 31.2 Å². The minimum atomic E-state index is -0.268. The Balaban J connectivity index is 2.14. The zero-order valence-electron chi connectivity index (χ0n) is 9.34. The van der Waals surface area contributed by atoms with E-state index in [0.29, 0.717) is 17.1 Å². The first-order valence-corrected chi connectivity index (χ1v) is 5.11. The smallest absolute Gasteiger partial charge is 0.274 e. The molecule has 0 radical (unpaired) electrons. The molecule has 0 saturated carbocycles. The van der Waals surface area contributed by atoms with Crippen LogP contribution < -0.4 is 11.1 Å². The number of hydrogen-bond donors (Lipinski definition) is 2. The molecule has 0 aliphatic rings. The highest BCUT2D eigenvalue weighted by Gasteiger charge is 2.07. The summed E-state index contributed by atoms with van der Waals surface area (Å²) < 4.78 is 0. The van der Waals surface area contributed by atoms with Crippen molar-refractivity contribution in [2.24, 2.45) is 0 Å². The van der Waals surface area contributed by atoms with Gasteiger partial charge in [0.05, 0.1) is 11.9 Å². The SMILES string of the molecule is Cc1cc(NC(=O)c2ccc(N)cn2)ccn1. The Morgan fingerprint density at radius 3 is 2.76 bits per heavy atom. The van der Waals surface area contributed by atoms with E-state index in [9.17, 15) is 4.79 Å². The van der Waals surface area contributed by atoms with Gasteiger partial charge in [0.25, 0.3) is 5.91 Å². The second kappa shape index (κ2) is 4.61. The van der Waals surface area contributed by atoms with Crippen molar-refractivity contribution in [3.63, 3.8) is 0 Å². The summed E-state index contributed by atoms with van der Waals surface area (Å²) in [5.41, 5.74) is 7.89. The molecule has 2 aromatic heterocycles. The highest BCUT2D eigenvalue weighted by Crippen LogP contribution is 2.09. The standard InChI is InChI=1S/C12H12N4O/c1-8-6-10(4-5-14-8)16-12(17)11-3-2-9(13)7-15-11/h2-7H,13H2,1H3,(H,14,16,17). The molecule has 86 valence electrons. The first-order valence-electron chi connectivity index (χ1n) is 5.11. The van der Waals surface area contributed by atoms with Gasteiger partial charge in [0.2, 0.25) is 0 Å². The molecule has 5 heteroatoms. The van der Waals surface area contributed by atoms with Gasteiger partial charge in [-0.2, -0.15) is 0 Å². The number of pyridine rings is 2. The second-order valence-electron chi connectivity index (χ2n) is 3.62. The van der Waals surface area contributed by atoms with Crippen molar-refractivity contribution in [3.8, 4) is 0 Å². The molecule has 0 unspecified atom stereocenters. The van der Waals surface area contributed by atoms with Gasteiger partial charge in [0.1, 0.15) is 5.69 Å². The first-order chi connectivity index (χ1) is 8.15. The Kier molecular flexibility index (Phi) is 3.00. The Hall–Kier alpha value is -2.43. The van der Waals surface area contributed by atoms with E-state index >= 15 is 0 Å². The topological polar surface area (TPSA) is 80.9 Å². The number of nitrogens with two attached hydrogens (primary N) is 1. The van der Waals surface area contributed by atoms with Gasteiger partial charge in [-0.25, -0.2) is 4.98 Å². The Morgan fingerprint density at radius 1 is 1.29 bits per heavy atom. The normalized spacial score (nSPS) is 9.94. The average molecular weight is 228 g/mol. The van der Waals surface area contributed by atoms with Gasteiger partial charge < -0.3 is 11.1 Å². The van der Waals surface area contributed by atoms with Crippen molar-refractivity contribution in [3.05, 3.63) is 48.0 Å². The van der Waals surface area contributed by atoms with E-state index in [2.05, 4.69) is 15.3 Å². The summed E-state index contributed by atoms with van der Waals surface area (Å²) in [5.74, 6) is -0.268. The van der Waals surface area contributed by atoms with E-state index in [4.69, 9.17) is 5.73 Å². The predicted octanol–water partition coefficient (Wildman–Crippen LogP) is 1.62. The number of aromatic nitrogens is 2. The van der Waals surface area contributed by atoms with E-state index in [1.54, 1.807) is 30.5 Å². The van der Waals surface area contributed by atoms with Crippen molar-refractivity contribution in [2.75, 3.05) is 11.1 Å². The van der Waals surface area contributed by atoms with Crippen LogP contribution in [0.1, 0.15) is 16.2 Å². The average Bonchev–Trinajstić information content (AvgIpc) is 2.29. The third-order valence-corrected chi connectivity index (χ3v) is 2.17.